The molecule has 1 aromatic heterocycles. The van der Waals surface area contributed by atoms with Crippen LogP contribution in [0.15, 0.2) is 59.2 Å². The first-order chi connectivity index (χ1) is 14.8. The van der Waals surface area contributed by atoms with Crippen LogP contribution in [-0.4, -0.2) is 21.8 Å². The van der Waals surface area contributed by atoms with Gasteiger partial charge in [0.15, 0.2) is 5.69 Å². The third kappa shape index (κ3) is 6.64. The predicted molar refractivity (Wildman–Crippen MR) is 119 cm³/mol. The maximum absolute atomic E-state index is 13.0. The van der Waals surface area contributed by atoms with Crippen molar-refractivity contribution in [3.63, 3.8) is 0 Å². The van der Waals surface area contributed by atoms with Gasteiger partial charge in [0.25, 0.3) is 5.91 Å². The molecule has 0 saturated heterocycles. The number of hydrogen-bond acceptors (Lipinski definition) is 4. The summed E-state index contributed by atoms with van der Waals surface area (Å²) in [4.78, 5) is 19.1. The van der Waals surface area contributed by atoms with Crippen molar-refractivity contribution in [2.45, 2.75) is 46.4 Å². The molecule has 0 aliphatic rings. The lowest BCUT2D eigenvalue weighted by atomic mass is 10.0. The Kier molecular flexibility index (Phi) is 7.82. The lowest BCUT2D eigenvalue weighted by Gasteiger charge is -2.30. The van der Waals surface area contributed by atoms with Gasteiger partial charge in [-0.1, -0.05) is 49.7 Å². The third-order valence-corrected chi connectivity index (χ3v) is 5.58. The molecule has 3 aromatic rings. The number of nitrogens with zero attached hydrogens (tertiary/aromatic N) is 2. The third-order valence-electron chi connectivity index (χ3n) is 5.33. The van der Waals surface area contributed by atoms with E-state index < -0.39 is 0 Å². The number of halogens is 2. The molecule has 1 atom stereocenters. The van der Waals surface area contributed by atoms with Gasteiger partial charge in [-0.05, 0) is 48.2 Å². The van der Waals surface area contributed by atoms with Gasteiger partial charge in [-0.15, -0.1) is 0 Å². The first-order valence-corrected chi connectivity index (χ1v) is 10.6. The molecule has 0 unspecified atom stereocenters. The molecule has 0 aliphatic heterocycles. The Morgan fingerprint density at radius 3 is 2.35 bits per heavy atom. The topological polar surface area (TPSA) is 58.4 Å². The highest BCUT2D eigenvalue weighted by molar-refractivity contribution is 6.30. The largest absolute Gasteiger partial charge is 0.447 e. The molecule has 1 amide bonds. The summed E-state index contributed by atoms with van der Waals surface area (Å²) in [5.41, 5.74) is 2.17. The fraction of sp³-hybridized carbons (Fsp3) is 0.333. The van der Waals surface area contributed by atoms with Crippen molar-refractivity contribution < 1.29 is 13.6 Å². The average Bonchev–Trinajstić information content (AvgIpc) is 3.22. The Balaban J connectivity index is 1.64. The molecule has 1 heterocycles. The molecule has 3 rings (SSSR count). The van der Waals surface area contributed by atoms with Gasteiger partial charge in [-0.2, -0.15) is 0 Å². The summed E-state index contributed by atoms with van der Waals surface area (Å²) < 4.78 is 18.6. The molecule has 5 nitrogen and oxygen atoms in total. The van der Waals surface area contributed by atoms with E-state index in [1.54, 1.807) is 12.1 Å². The van der Waals surface area contributed by atoms with Crippen LogP contribution < -0.4 is 5.32 Å². The van der Waals surface area contributed by atoms with Crippen LogP contribution in [-0.2, 0) is 19.6 Å². The molecular formula is C24H27ClFN3O2. The van der Waals surface area contributed by atoms with Crippen LogP contribution >= 0.6 is 11.6 Å². The zero-order chi connectivity index (χ0) is 22.4. The van der Waals surface area contributed by atoms with Gasteiger partial charge in [0.1, 0.15) is 12.1 Å². The molecule has 1 N–H and O–H groups in total. The van der Waals surface area contributed by atoms with Gasteiger partial charge >= 0.3 is 0 Å². The van der Waals surface area contributed by atoms with Crippen LogP contribution in [0, 0.1) is 11.7 Å². The molecule has 7 heteroatoms. The number of carbonyl (C=O) groups excluding carboxylic acids is 1. The molecule has 0 radical (unpaired) electrons. The highest BCUT2D eigenvalue weighted by Crippen LogP contribution is 2.19. The maximum Gasteiger partial charge on any atom is 0.273 e. The molecule has 31 heavy (non-hydrogen) atoms. The van der Waals surface area contributed by atoms with Crippen molar-refractivity contribution in [3.8, 4) is 0 Å². The Hall–Kier alpha value is -2.70. The number of nitrogens with one attached hydrogen (secondary N) is 1. The summed E-state index contributed by atoms with van der Waals surface area (Å²) in [6.45, 7) is 7.99. The van der Waals surface area contributed by atoms with Crippen LogP contribution in [0.3, 0.4) is 0 Å². The molecule has 164 valence electrons. The van der Waals surface area contributed by atoms with Gasteiger partial charge in [-0.25, -0.2) is 9.37 Å². The first-order valence-electron chi connectivity index (χ1n) is 10.3. The minimum absolute atomic E-state index is 0.223. The molecule has 0 spiro atoms. The zero-order valence-electron chi connectivity index (χ0n) is 17.9. The van der Waals surface area contributed by atoms with Gasteiger partial charge in [-0.3, -0.25) is 9.69 Å². The molecule has 2 aromatic carbocycles. The number of hydrogen-bond donors (Lipinski definition) is 1. The van der Waals surface area contributed by atoms with E-state index in [-0.39, 0.29) is 30.0 Å². The normalized spacial score (nSPS) is 12.4. The second-order valence-corrected chi connectivity index (χ2v) is 8.39. The summed E-state index contributed by atoms with van der Waals surface area (Å²) in [5, 5.41) is 3.48. The Labute approximate surface area is 187 Å². The van der Waals surface area contributed by atoms with Gasteiger partial charge < -0.3 is 9.73 Å². The van der Waals surface area contributed by atoms with Crippen molar-refractivity contribution in [2.24, 2.45) is 5.92 Å². The van der Waals surface area contributed by atoms with Crippen LogP contribution in [0.4, 0.5) is 4.39 Å². The number of carbonyl (C=O) groups is 1. The smallest absolute Gasteiger partial charge is 0.273 e. The number of amides is 1. The Bertz CT molecular complexity index is 987. The molecular weight excluding hydrogens is 417 g/mol. The monoisotopic (exact) mass is 443 g/mol. The van der Waals surface area contributed by atoms with E-state index in [9.17, 15) is 9.18 Å². The second-order valence-electron chi connectivity index (χ2n) is 7.95. The van der Waals surface area contributed by atoms with Crippen molar-refractivity contribution in [2.75, 3.05) is 0 Å². The summed E-state index contributed by atoms with van der Waals surface area (Å²) in [5.74, 6) is 0.268. The van der Waals surface area contributed by atoms with Crippen LogP contribution in [0.5, 0.6) is 0 Å². The van der Waals surface area contributed by atoms with E-state index in [0.717, 1.165) is 11.1 Å². The van der Waals surface area contributed by atoms with Crippen LogP contribution in [0.25, 0.3) is 0 Å². The Morgan fingerprint density at radius 2 is 1.71 bits per heavy atom. The molecule has 0 bridgehead atoms. The van der Waals surface area contributed by atoms with Crippen molar-refractivity contribution in [3.05, 3.63) is 88.3 Å². The van der Waals surface area contributed by atoms with Gasteiger partial charge in [0, 0.05) is 24.2 Å². The first kappa shape index (κ1) is 23.0. The standard InChI is InChI=1S/C24H27ClFN3O2/c1-16(2)17(3)29(13-19-4-8-20(25)9-5-19)14-23-28-22(15-31-23)24(30)27-12-18-6-10-21(26)11-7-18/h4-11,15-17H,12-14H2,1-3H3,(H,27,30)/t17-/m1/s1. The van der Waals surface area contributed by atoms with E-state index in [0.29, 0.717) is 29.9 Å². The van der Waals surface area contributed by atoms with E-state index in [4.69, 9.17) is 16.0 Å². The summed E-state index contributed by atoms with van der Waals surface area (Å²) in [7, 11) is 0. The number of aromatic nitrogens is 1. The Morgan fingerprint density at radius 1 is 1.06 bits per heavy atom. The lowest BCUT2D eigenvalue weighted by Crippen LogP contribution is -2.36. The van der Waals surface area contributed by atoms with Crippen LogP contribution in [0.2, 0.25) is 5.02 Å². The highest BCUT2D eigenvalue weighted by atomic mass is 35.5. The van der Waals surface area contributed by atoms with E-state index in [1.807, 2.05) is 24.3 Å². The second kappa shape index (κ2) is 10.6. The van der Waals surface area contributed by atoms with E-state index in [2.05, 4.69) is 36.0 Å². The predicted octanol–water partition coefficient (Wildman–Crippen LogP) is 5.44. The van der Waals surface area contributed by atoms with Gasteiger partial charge in [0.05, 0.1) is 6.54 Å². The number of benzene rings is 2. The molecule has 0 aliphatic carbocycles. The summed E-state index contributed by atoms with van der Waals surface area (Å²) in [6.07, 6.45) is 1.37. The van der Waals surface area contributed by atoms with Crippen molar-refractivity contribution in [1.29, 1.82) is 0 Å². The maximum atomic E-state index is 13.0. The lowest BCUT2D eigenvalue weighted by molar-refractivity contribution is 0.0945. The van der Waals surface area contributed by atoms with Gasteiger partial charge in [0.2, 0.25) is 5.89 Å². The zero-order valence-corrected chi connectivity index (χ0v) is 18.7. The minimum Gasteiger partial charge on any atom is -0.447 e. The SMILES string of the molecule is CC(C)[C@@H](C)N(Cc1ccc(Cl)cc1)Cc1nc(C(=O)NCc2ccc(F)cc2)co1. The quantitative estimate of drug-likeness (QED) is 0.478. The summed E-state index contributed by atoms with van der Waals surface area (Å²) >= 11 is 6.00. The molecule has 0 fully saturated rings. The minimum atomic E-state index is -0.333. The fourth-order valence-corrected chi connectivity index (χ4v) is 3.25. The van der Waals surface area contributed by atoms with Crippen molar-refractivity contribution in [1.82, 2.24) is 15.2 Å². The molecule has 0 saturated carbocycles. The highest BCUT2D eigenvalue weighted by Gasteiger charge is 2.21. The summed E-state index contributed by atoms with van der Waals surface area (Å²) in [6, 6.07) is 14.0. The number of rotatable bonds is 9. The van der Waals surface area contributed by atoms with E-state index >= 15 is 0 Å². The van der Waals surface area contributed by atoms with E-state index in [1.165, 1.54) is 18.4 Å². The van der Waals surface area contributed by atoms with Crippen LogP contribution in [0.1, 0.15) is 48.3 Å². The van der Waals surface area contributed by atoms with Crippen molar-refractivity contribution >= 4 is 17.5 Å². The fourth-order valence-electron chi connectivity index (χ4n) is 3.13. The number of oxazole rings is 1. The average molecular weight is 444 g/mol.